The number of rotatable bonds is 4. The van der Waals surface area contributed by atoms with E-state index >= 15 is 0 Å². The normalized spacial score (nSPS) is 10.1. The van der Waals surface area contributed by atoms with Crippen molar-refractivity contribution in [2.45, 2.75) is 6.54 Å². The van der Waals surface area contributed by atoms with Gasteiger partial charge in [0.1, 0.15) is 11.4 Å². The number of carbonyl (C=O) groups is 1. The summed E-state index contributed by atoms with van der Waals surface area (Å²) in [5.74, 6) is -0.691. The molecule has 0 aliphatic rings. The molecule has 0 bridgehead atoms. The highest BCUT2D eigenvalue weighted by atomic mass is 79.9. The summed E-state index contributed by atoms with van der Waals surface area (Å²) in [5, 5.41) is 12.0. The Bertz CT molecular complexity index is 561. The molecule has 5 nitrogen and oxygen atoms in total. The maximum atomic E-state index is 11.1. The number of nitrogens with zero attached hydrogens (tertiary/aromatic N) is 2. The van der Waals surface area contributed by atoms with Gasteiger partial charge in [-0.3, -0.25) is 4.98 Å². The van der Waals surface area contributed by atoms with Crippen LogP contribution in [0.3, 0.4) is 0 Å². The van der Waals surface area contributed by atoms with Crippen LogP contribution in [-0.2, 0) is 6.54 Å². The van der Waals surface area contributed by atoms with Crippen molar-refractivity contribution in [1.29, 1.82) is 0 Å². The van der Waals surface area contributed by atoms with Gasteiger partial charge in [0.25, 0.3) is 0 Å². The third kappa shape index (κ3) is 3.04. The molecule has 0 unspecified atom stereocenters. The van der Waals surface area contributed by atoms with Gasteiger partial charge in [-0.05, 0) is 34.1 Å². The van der Waals surface area contributed by atoms with E-state index in [4.69, 9.17) is 5.11 Å². The quantitative estimate of drug-likeness (QED) is 0.908. The Hall–Kier alpha value is -1.95. The van der Waals surface area contributed by atoms with E-state index < -0.39 is 5.97 Å². The third-order valence-electron chi connectivity index (χ3n) is 2.25. The van der Waals surface area contributed by atoms with Gasteiger partial charge in [-0.1, -0.05) is 6.07 Å². The SMILES string of the molecule is O=C(O)c1cc(Br)cnc1NCc1ccccn1. The van der Waals surface area contributed by atoms with Gasteiger partial charge >= 0.3 is 5.97 Å². The van der Waals surface area contributed by atoms with Crippen molar-refractivity contribution in [2.75, 3.05) is 5.32 Å². The average Bonchev–Trinajstić information content (AvgIpc) is 2.38. The van der Waals surface area contributed by atoms with Gasteiger partial charge in [0.2, 0.25) is 0 Å². The molecule has 0 saturated heterocycles. The minimum absolute atomic E-state index is 0.125. The molecule has 2 aromatic rings. The highest BCUT2D eigenvalue weighted by Crippen LogP contribution is 2.18. The largest absolute Gasteiger partial charge is 0.478 e. The molecule has 0 atom stereocenters. The van der Waals surface area contributed by atoms with Crippen LogP contribution in [0.2, 0.25) is 0 Å². The summed E-state index contributed by atoms with van der Waals surface area (Å²) in [5.41, 5.74) is 0.943. The molecule has 2 aromatic heterocycles. The molecule has 0 spiro atoms. The lowest BCUT2D eigenvalue weighted by Gasteiger charge is -2.08. The first-order valence-electron chi connectivity index (χ1n) is 5.19. The number of hydrogen-bond donors (Lipinski definition) is 2. The van der Waals surface area contributed by atoms with Crippen molar-refractivity contribution in [1.82, 2.24) is 9.97 Å². The molecular formula is C12H10BrN3O2. The van der Waals surface area contributed by atoms with Crippen LogP contribution in [0.5, 0.6) is 0 Å². The summed E-state index contributed by atoms with van der Waals surface area (Å²) in [6.45, 7) is 0.426. The van der Waals surface area contributed by atoms with Crippen LogP contribution in [0.4, 0.5) is 5.82 Å². The summed E-state index contributed by atoms with van der Waals surface area (Å²) in [4.78, 5) is 19.3. The van der Waals surface area contributed by atoms with E-state index in [-0.39, 0.29) is 5.56 Å². The zero-order valence-electron chi connectivity index (χ0n) is 9.30. The topological polar surface area (TPSA) is 75.1 Å². The fourth-order valence-corrected chi connectivity index (χ4v) is 1.75. The first kappa shape index (κ1) is 12.5. The highest BCUT2D eigenvalue weighted by Gasteiger charge is 2.11. The van der Waals surface area contributed by atoms with Gasteiger partial charge in [-0.2, -0.15) is 0 Å². The van der Waals surface area contributed by atoms with Gasteiger partial charge in [0.15, 0.2) is 0 Å². The fraction of sp³-hybridized carbons (Fsp3) is 0.0833. The average molecular weight is 308 g/mol. The summed E-state index contributed by atoms with van der Waals surface area (Å²) in [7, 11) is 0. The highest BCUT2D eigenvalue weighted by molar-refractivity contribution is 9.10. The molecule has 2 rings (SSSR count). The Kier molecular flexibility index (Phi) is 3.88. The van der Waals surface area contributed by atoms with E-state index in [1.807, 2.05) is 18.2 Å². The number of nitrogens with one attached hydrogen (secondary N) is 1. The molecule has 0 radical (unpaired) electrons. The molecule has 0 saturated carbocycles. The molecule has 92 valence electrons. The number of hydrogen-bond acceptors (Lipinski definition) is 4. The molecule has 0 aliphatic heterocycles. The smallest absolute Gasteiger partial charge is 0.339 e. The molecule has 18 heavy (non-hydrogen) atoms. The summed E-state index contributed by atoms with van der Waals surface area (Å²) in [6.07, 6.45) is 3.23. The summed E-state index contributed by atoms with van der Waals surface area (Å²) >= 11 is 3.19. The molecule has 2 heterocycles. The van der Waals surface area contributed by atoms with Gasteiger partial charge in [-0.25, -0.2) is 9.78 Å². The summed E-state index contributed by atoms with van der Waals surface area (Å²) < 4.78 is 0.628. The van der Waals surface area contributed by atoms with Crippen LogP contribution in [-0.4, -0.2) is 21.0 Å². The van der Waals surface area contributed by atoms with Crippen molar-refractivity contribution in [3.63, 3.8) is 0 Å². The number of carboxylic acids is 1. The fourth-order valence-electron chi connectivity index (χ4n) is 1.42. The molecule has 2 N–H and O–H groups in total. The first-order chi connectivity index (χ1) is 8.66. The number of pyridine rings is 2. The zero-order valence-corrected chi connectivity index (χ0v) is 10.9. The van der Waals surface area contributed by atoms with Crippen molar-refractivity contribution >= 4 is 27.7 Å². The van der Waals surface area contributed by atoms with Crippen LogP contribution in [0.15, 0.2) is 41.1 Å². The van der Waals surface area contributed by atoms with E-state index in [0.717, 1.165) is 5.69 Å². The van der Waals surface area contributed by atoms with Crippen LogP contribution in [0, 0.1) is 0 Å². The Balaban J connectivity index is 2.17. The lowest BCUT2D eigenvalue weighted by molar-refractivity contribution is 0.0697. The second-order valence-corrected chi connectivity index (χ2v) is 4.45. The molecular weight excluding hydrogens is 298 g/mol. The van der Waals surface area contributed by atoms with E-state index in [0.29, 0.717) is 16.8 Å². The van der Waals surface area contributed by atoms with Crippen molar-refractivity contribution in [3.8, 4) is 0 Å². The predicted molar refractivity (Wildman–Crippen MR) is 70.5 cm³/mol. The number of aromatic nitrogens is 2. The first-order valence-corrected chi connectivity index (χ1v) is 5.99. The minimum Gasteiger partial charge on any atom is -0.478 e. The van der Waals surface area contributed by atoms with E-state index in [1.165, 1.54) is 6.07 Å². The minimum atomic E-state index is -1.02. The summed E-state index contributed by atoms with van der Waals surface area (Å²) in [6, 6.07) is 7.06. The Morgan fingerprint density at radius 2 is 2.22 bits per heavy atom. The molecule has 0 amide bonds. The van der Waals surface area contributed by atoms with Crippen molar-refractivity contribution in [2.24, 2.45) is 0 Å². The second kappa shape index (κ2) is 5.59. The van der Waals surface area contributed by atoms with E-state index in [2.05, 4.69) is 31.2 Å². The molecule has 6 heteroatoms. The number of aromatic carboxylic acids is 1. The van der Waals surface area contributed by atoms with Gasteiger partial charge in [0, 0.05) is 16.9 Å². The Morgan fingerprint density at radius 3 is 2.89 bits per heavy atom. The zero-order chi connectivity index (χ0) is 13.0. The predicted octanol–water partition coefficient (Wildman–Crippen LogP) is 2.55. The third-order valence-corrected chi connectivity index (χ3v) is 2.68. The second-order valence-electron chi connectivity index (χ2n) is 3.53. The number of halogens is 1. The lowest BCUT2D eigenvalue weighted by atomic mass is 10.2. The van der Waals surface area contributed by atoms with Crippen molar-refractivity contribution < 1.29 is 9.90 Å². The van der Waals surface area contributed by atoms with Crippen molar-refractivity contribution in [3.05, 3.63) is 52.4 Å². The maximum absolute atomic E-state index is 11.1. The standard InChI is InChI=1S/C12H10BrN3O2/c13-8-5-10(12(17)18)11(15-6-8)16-7-9-3-1-2-4-14-9/h1-6H,7H2,(H,15,16)(H,17,18). The van der Waals surface area contributed by atoms with Crippen LogP contribution >= 0.6 is 15.9 Å². The Labute approximate surface area is 112 Å². The number of carboxylic acid groups (broad SMARTS) is 1. The van der Waals surface area contributed by atoms with E-state index in [9.17, 15) is 4.79 Å². The van der Waals surface area contributed by atoms with E-state index in [1.54, 1.807) is 12.4 Å². The molecule has 0 aliphatic carbocycles. The van der Waals surface area contributed by atoms with Gasteiger partial charge < -0.3 is 10.4 Å². The number of anilines is 1. The maximum Gasteiger partial charge on any atom is 0.339 e. The molecule has 0 fully saturated rings. The lowest BCUT2D eigenvalue weighted by Crippen LogP contribution is -2.09. The molecule has 0 aromatic carbocycles. The van der Waals surface area contributed by atoms with Gasteiger partial charge in [-0.15, -0.1) is 0 Å². The van der Waals surface area contributed by atoms with Crippen LogP contribution in [0.1, 0.15) is 16.1 Å². The Morgan fingerprint density at radius 1 is 1.39 bits per heavy atom. The van der Waals surface area contributed by atoms with Gasteiger partial charge in [0.05, 0.1) is 12.2 Å². The van der Waals surface area contributed by atoms with Crippen LogP contribution < -0.4 is 5.32 Å². The monoisotopic (exact) mass is 307 g/mol. The van der Waals surface area contributed by atoms with Crippen LogP contribution in [0.25, 0.3) is 0 Å².